The Morgan fingerprint density at radius 3 is 1.59 bits per heavy atom. The minimum absolute atomic E-state index is 0.197. The summed E-state index contributed by atoms with van der Waals surface area (Å²) in [5, 5.41) is 3.55. The van der Waals surface area contributed by atoms with Gasteiger partial charge in [0.05, 0.1) is 0 Å². The number of fused-ring (bicyclic) bond motifs is 7. The lowest BCUT2D eigenvalue weighted by atomic mass is 9.34. The zero-order chi connectivity index (χ0) is 44.1. The van der Waals surface area contributed by atoms with Crippen LogP contribution >= 0.6 is 0 Å². The third-order valence-electron chi connectivity index (χ3n) is 14.1. The highest BCUT2D eigenvalue weighted by Gasteiger charge is 2.69. The Labute approximate surface area is 352 Å². The second-order valence-electron chi connectivity index (χ2n) is 17.8. The molecule has 0 saturated heterocycles. The zero-order valence-corrected chi connectivity index (χ0v) is 40.0. The highest BCUT2D eigenvalue weighted by Crippen LogP contribution is 2.76. The lowest BCUT2D eigenvalue weighted by Gasteiger charge is -2.71. The van der Waals surface area contributed by atoms with Gasteiger partial charge >= 0.3 is 0 Å². The first-order chi connectivity index (χ1) is 26.5. The Bertz CT molecular complexity index is 1370. The standard InChI is InChI=1S/C37H53N.C4H8.C3H8.C3H6.2C2H6.C2H4.C2H2/c1-9-26-12-14-27(15-13-26)28-16-21-34(5)29(33(28,3)4)17-22-35(6)30(34)18-23-36(7)31(35)19-24-37(25(2)38-8)20-10-11-32(36)37;1-4(2)3;2*1-3-2;4*1-2/h9,12-16,29-32,38H,1-2,10-11,17-24H2,3-8H3;1H2,2-3H3;3H2,1-2H3;3H,1H2,2H3;2*1-2H3;1-2H2;1-2H. The largest absolute Gasteiger partial charge is 0.391 e. The summed E-state index contributed by atoms with van der Waals surface area (Å²) in [7, 11) is 2.11. The molecule has 1 heteroatoms. The van der Waals surface area contributed by atoms with Crippen molar-refractivity contribution in [3.63, 3.8) is 0 Å². The van der Waals surface area contributed by atoms with Gasteiger partial charge in [-0.05, 0) is 141 Å². The molecule has 1 aromatic carbocycles. The van der Waals surface area contributed by atoms with Crippen LogP contribution in [0.5, 0.6) is 0 Å². The molecule has 1 N–H and O–H groups in total. The van der Waals surface area contributed by atoms with Gasteiger partial charge in [0.15, 0.2) is 0 Å². The minimum Gasteiger partial charge on any atom is -0.391 e. The normalized spacial score (nSPS) is 31.9. The Balaban J connectivity index is 0. The van der Waals surface area contributed by atoms with Crippen LogP contribution in [0, 0.1) is 63.6 Å². The average Bonchev–Trinajstić information content (AvgIpc) is 3.65. The maximum Gasteiger partial charge on any atom is 0.0128 e. The molecule has 0 heterocycles. The summed E-state index contributed by atoms with van der Waals surface area (Å²) in [5.41, 5.74) is 8.57. The van der Waals surface area contributed by atoms with E-state index in [1.807, 2.05) is 54.5 Å². The van der Waals surface area contributed by atoms with E-state index in [4.69, 9.17) is 0 Å². The summed E-state index contributed by atoms with van der Waals surface area (Å²) in [6.45, 7) is 52.9. The van der Waals surface area contributed by atoms with Crippen molar-refractivity contribution < 1.29 is 0 Å². The Kier molecular flexibility index (Phi) is 25.0. The first-order valence-electron chi connectivity index (χ1n) is 22.4. The number of allylic oxidation sites excluding steroid dienone is 5. The van der Waals surface area contributed by atoms with Crippen LogP contribution < -0.4 is 5.32 Å². The summed E-state index contributed by atoms with van der Waals surface area (Å²) in [6, 6.07) is 9.14. The smallest absolute Gasteiger partial charge is 0.0128 e. The molecule has 1 nitrogen and oxygen atoms in total. The van der Waals surface area contributed by atoms with Gasteiger partial charge in [-0.3, -0.25) is 0 Å². The van der Waals surface area contributed by atoms with E-state index in [0.29, 0.717) is 21.7 Å². The van der Waals surface area contributed by atoms with Crippen LogP contribution in [0.15, 0.2) is 87.2 Å². The van der Waals surface area contributed by atoms with Crippen molar-refractivity contribution >= 4 is 11.6 Å². The van der Waals surface area contributed by atoms with E-state index in [9.17, 15) is 0 Å². The van der Waals surface area contributed by atoms with Crippen molar-refractivity contribution in [2.24, 2.45) is 50.7 Å². The van der Waals surface area contributed by atoms with Crippen LogP contribution in [0.3, 0.4) is 0 Å². The maximum atomic E-state index is 4.60. The number of benzene rings is 1. The van der Waals surface area contributed by atoms with E-state index in [-0.39, 0.29) is 5.41 Å². The highest BCUT2D eigenvalue weighted by atomic mass is 14.9. The molecule has 0 amide bonds. The molecule has 0 aliphatic heterocycles. The first-order valence-corrected chi connectivity index (χ1v) is 22.4. The molecule has 56 heavy (non-hydrogen) atoms. The van der Waals surface area contributed by atoms with Gasteiger partial charge in [0.1, 0.15) is 0 Å². The van der Waals surface area contributed by atoms with Crippen molar-refractivity contribution in [2.75, 3.05) is 7.05 Å². The Morgan fingerprint density at radius 1 is 0.732 bits per heavy atom. The van der Waals surface area contributed by atoms with E-state index in [1.165, 1.54) is 93.0 Å². The lowest BCUT2D eigenvalue weighted by Crippen LogP contribution is -2.64. The van der Waals surface area contributed by atoms with Crippen LogP contribution in [0.2, 0.25) is 0 Å². The number of rotatable bonds is 4. The minimum atomic E-state index is 0.197. The molecule has 1 aromatic rings. The van der Waals surface area contributed by atoms with Crippen molar-refractivity contribution in [3.05, 3.63) is 98.3 Å². The molecule has 6 rings (SSSR count). The quantitative estimate of drug-likeness (QED) is 0.238. The molecular weight excluding hydrogens is 675 g/mol. The van der Waals surface area contributed by atoms with Crippen molar-refractivity contribution in [1.82, 2.24) is 5.32 Å². The highest BCUT2D eigenvalue weighted by molar-refractivity contribution is 5.72. The van der Waals surface area contributed by atoms with E-state index in [0.717, 1.165) is 23.7 Å². The van der Waals surface area contributed by atoms with E-state index >= 15 is 0 Å². The second-order valence-corrected chi connectivity index (χ2v) is 17.8. The SMILES string of the molecule is C#C.C=C.C=C(C)C.C=CC.C=Cc1ccc(C2=CCC3(C)C(CCC4(C)C3CCC3(C)C5CCCC5(C(=C)NC)CCC34)C2(C)C)cc1.CC.CC.CCC. The van der Waals surface area contributed by atoms with Crippen LogP contribution in [-0.4, -0.2) is 7.05 Å². The summed E-state index contributed by atoms with van der Waals surface area (Å²) in [6.07, 6.45) is 29.4. The summed E-state index contributed by atoms with van der Waals surface area (Å²) in [5.74, 6) is 3.24. The Morgan fingerprint density at radius 2 is 1.14 bits per heavy atom. The molecule has 0 spiro atoms. The molecule has 4 saturated carbocycles. The van der Waals surface area contributed by atoms with Gasteiger partial charge in [-0.2, -0.15) is 0 Å². The topological polar surface area (TPSA) is 12.0 Å². The first kappa shape index (κ1) is 55.1. The molecule has 4 fully saturated rings. The average molecular weight is 768 g/mol. The van der Waals surface area contributed by atoms with Crippen molar-refractivity contribution in [3.8, 4) is 12.8 Å². The molecule has 8 atom stereocenters. The Hall–Kier alpha value is -2.98. The fourth-order valence-corrected chi connectivity index (χ4v) is 12.5. The van der Waals surface area contributed by atoms with E-state index in [1.54, 1.807) is 11.6 Å². The van der Waals surface area contributed by atoms with E-state index in [2.05, 4.69) is 143 Å². The number of hydrogen-bond donors (Lipinski definition) is 1. The lowest BCUT2D eigenvalue weighted by molar-refractivity contribution is -0.207. The molecule has 5 aliphatic carbocycles. The molecule has 0 radical (unpaired) electrons. The third kappa shape index (κ3) is 11.4. The van der Waals surface area contributed by atoms with Gasteiger partial charge in [0, 0.05) is 18.2 Å². The second kappa shape index (κ2) is 25.4. The van der Waals surface area contributed by atoms with Crippen LogP contribution in [0.1, 0.15) is 179 Å². The van der Waals surface area contributed by atoms with Gasteiger partial charge in [-0.1, -0.05) is 150 Å². The summed E-state index contributed by atoms with van der Waals surface area (Å²) < 4.78 is 0. The van der Waals surface area contributed by atoms with Crippen molar-refractivity contribution in [1.29, 1.82) is 0 Å². The van der Waals surface area contributed by atoms with Crippen LogP contribution in [0.25, 0.3) is 11.6 Å². The molecular formula is C55H93N. The summed E-state index contributed by atoms with van der Waals surface area (Å²) in [4.78, 5) is 0. The van der Waals surface area contributed by atoms with Gasteiger partial charge < -0.3 is 5.32 Å². The van der Waals surface area contributed by atoms with Gasteiger partial charge in [-0.25, -0.2) is 0 Å². The van der Waals surface area contributed by atoms with Crippen LogP contribution in [-0.2, 0) is 0 Å². The number of terminal acetylenes is 1. The van der Waals surface area contributed by atoms with Gasteiger partial charge in [-0.15, -0.1) is 39.2 Å². The monoisotopic (exact) mass is 768 g/mol. The third-order valence-corrected chi connectivity index (χ3v) is 14.1. The predicted molar refractivity (Wildman–Crippen MR) is 260 cm³/mol. The number of hydrogen-bond acceptors (Lipinski definition) is 1. The van der Waals surface area contributed by atoms with Gasteiger partial charge in [0.25, 0.3) is 0 Å². The molecule has 5 aliphatic rings. The summed E-state index contributed by atoms with van der Waals surface area (Å²) >= 11 is 0. The fraction of sp³-hybridized carbons (Fsp3) is 0.636. The zero-order valence-electron chi connectivity index (χ0n) is 40.0. The predicted octanol–water partition coefficient (Wildman–Crippen LogP) is 17.2. The molecule has 8 unspecified atom stereocenters. The molecule has 0 bridgehead atoms. The van der Waals surface area contributed by atoms with E-state index < -0.39 is 0 Å². The number of nitrogens with one attached hydrogen (secondary N) is 1. The molecule has 318 valence electrons. The van der Waals surface area contributed by atoms with Crippen LogP contribution in [0.4, 0.5) is 0 Å². The van der Waals surface area contributed by atoms with Gasteiger partial charge in [0.2, 0.25) is 0 Å². The van der Waals surface area contributed by atoms with Crippen molar-refractivity contribution in [2.45, 2.75) is 168 Å². The molecule has 0 aromatic heterocycles. The fourth-order valence-electron chi connectivity index (χ4n) is 12.5. The maximum absolute atomic E-state index is 4.60.